The second-order valence-corrected chi connectivity index (χ2v) is 4.28. The van der Waals surface area contributed by atoms with Crippen LogP contribution in [-0.2, 0) is 11.2 Å². The minimum atomic E-state index is -0.801. The summed E-state index contributed by atoms with van der Waals surface area (Å²) in [5, 5.41) is 9.35. The molecule has 0 amide bonds. The Balaban J connectivity index is 2.96. The van der Waals surface area contributed by atoms with E-state index in [1.165, 1.54) is 0 Å². The largest absolute Gasteiger partial charge is 0.495 e. The van der Waals surface area contributed by atoms with Crippen LogP contribution >= 0.6 is 11.6 Å². The molecule has 0 saturated carbocycles. The van der Waals surface area contributed by atoms with Gasteiger partial charge in [0.25, 0.3) is 0 Å². The molecule has 1 aromatic carbocycles. The number of halogens is 1. The first-order chi connectivity index (χ1) is 7.45. The molecular weight excluding hydrogens is 228 g/mol. The first-order valence-corrected chi connectivity index (χ1v) is 5.39. The quantitative estimate of drug-likeness (QED) is 0.883. The molecule has 0 bridgehead atoms. The molecular formula is C12H15ClO3. The van der Waals surface area contributed by atoms with Crippen LogP contribution in [0.5, 0.6) is 5.75 Å². The molecule has 3 nitrogen and oxygen atoms in total. The van der Waals surface area contributed by atoms with Gasteiger partial charge in [0.1, 0.15) is 5.75 Å². The molecule has 0 aliphatic rings. The van der Waals surface area contributed by atoms with Crippen LogP contribution in [0.2, 0.25) is 5.02 Å². The number of aliphatic carboxylic acids is 1. The van der Waals surface area contributed by atoms with Gasteiger partial charge in [0.15, 0.2) is 0 Å². The average molecular weight is 243 g/mol. The van der Waals surface area contributed by atoms with Gasteiger partial charge < -0.3 is 9.84 Å². The summed E-state index contributed by atoms with van der Waals surface area (Å²) >= 11 is 6.03. The maximum Gasteiger partial charge on any atom is 0.306 e. The molecule has 0 saturated heterocycles. The van der Waals surface area contributed by atoms with Crippen molar-refractivity contribution in [3.63, 3.8) is 0 Å². The standard InChI is InChI=1S/C12H15ClO3/c1-7-4-9(5-8(2)12(14)15)6-10(13)11(7)16-3/h4,6,8H,5H2,1-3H3,(H,14,15). The Morgan fingerprint density at radius 3 is 2.62 bits per heavy atom. The average Bonchev–Trinajstić information content (AvgIpc) is 2.16. The first-order valence-electron chi connectivity index (χ1n) is 5.01. The van der Waals surface area contributed by atoms with Crippen molar-refractivity contribution in [2.24, 2.45) is 5.92 Å². The zero-order valence-corrected chi connectivity index (χ0v) is 10.3. The van der Waals surface area contributed by atoms with E-state index in [4.69, 9.17) is 21.4 Å². The Labute approximate surface area is 100.0 Å². The lowest BCUT2D eigenvalue weighted by molar-refractivity contribution is -0.141. The molecule has 1 atom stereocenters. The third-order valence-electron chi connectivity index (χ3n) is 2.46. The number of ether oxygens (including phenoxy) is 1. The van der Waals surface area contributed by atoms with Gasteiger partial charge in [-0.05, 0) is 30.5 Å². The lowest BCUT2D eigenvalue weighted by Gasteiger charge is -2.11. The monoisotopic (exact) mass is 242 g/mol. The van der Waals surface area contributed by atoms with E-state index in [1.54, 1.807) is 20.1 Å². The lowest BCUT2D eigenvalue weighted by atomic mass is 9.99. The summed E-state index contributed by atoms with van der Waals surface area (Å²) in [4.78, 5) is 10.7. The van der Waals surface area contributed by atoms with Crippen molar-refractivity contribution >= 4 is 17.6 Å². The van der Waals surface area contributed by atoms with Crippen LogP contribution in [0.4, 0.5) is 0 Å². The van der Waals surface area contributed by atoms with Crippen molar-refractivity contribution in [3.05, 3.63) is 28.3 Å². The van der Waals surface area contributed by atoms with E-state index in [0.717, 1.165) is 11.1 Å². The summed E-state index contributed by atoms with van der Waals surface area (Å²) in [6.45, 7) is 3.56. The van der Waals surface area contributed by atoms with E-state index >= 15 is 0 Å². The van der Waals surface area contributed by atoms with Crippen molar-refractivity contribution in [2.75, 3.05) is 7.11 Å². The summed E-state index contributed by atoms with van der Waals surface area (Å²) in [5.74, 6) is -0.568. The highest BCUT2D eigenvalue weighted by Crippen LogP contribution is 2.30. The molecule has 0 aliphatic heterocycles. The zero-order valence-electron chi connectivity index (χ0n) is 9.58. The predicted octanol–water partition coefficient (Wildman–Crippen LogP) is 2.92. The Morgan fingerprint density at radius 1 is 1.56 bits per heavy atom. The lowest BCUT2D eigenvalue weighted by Crippen LogP contribution is -2.12. The highest BCUT2D eigenvalue weighted by atomic mass is 35.5. The summed E-state index contributed by atoms with van der Waals surface area (Å²) in [6.07, 6.45) is 0.472. The Hall–Kier alpha value is -1.22. The van der Waals surface area contributed by atoms with Crippen molar-refractivity contribution < 1.29 is 14.6 Å². The van der Waals surface area contributed by atoms with Gasteiger partial charge in [-0.3, -0.25) is 4.79 Å². The molecule has 1 aromatic rings. The fourth-order valence-electron chi connectivity index (χ4n) is 1.62. The number of rotatable bonds is 4. The van der Waals surface area contributed by atoms with Crippen molar-refractivity contribution in [1.82, 2.24) is 0 Å². The summed E-state index contributed by atoms with van der Waals surface area (Å²) in [7, 11) is 1.56. The van der Waals surface area contributed by atoms with Gasteiger partial charge in [-0.1, -0.05) is 24.6 Å². The van der Waals surface area contributed by atoms with Gasteiger partial charge in [0.2, 0.25) is 0 Å². The van der Waals surface area contributed by atoms with Gasteiger partial charge in [-0.2, -0.15) is 0 Å². The smallest absolute Gasteiger partial charge is 0.306 e. The third kappa shape index (κ3) is 2.89. The molecule has 0 heterocycles. The van der Waals surface area contributed by atoms with Crippen LogP contribution in [0.15, 0.2) is 12.1 Å². The molecule has 0 radical (unpaired) electrons. The number of carboxylic acids is 1. The van der Waals surface area contributed by atoms with Crippen molar-refractivity contribution in [3.8, 4) is 5.75 Å². The minimum absolute atomic E-state index is 0.413. The minimum Gasteiger partial charge on any atom is -0.495 e. The third-order valence-corrected chi connectivity index (χ3v) is 2.74. The number of carboxylic acid groups (broad SMARTS) is 1. The van der Waals surface area contributed by atoms with E-state index in [2.05, 4.69) is 0 Å². The number of hydrogen-bond acceptors (Lipinski definition) is 2. The van der Waals surface area contributed by atoms with E-state index in [-0.39, 0.29) is 0 Å². The van der Waals surface area contributed by atoms with E-state index in [9.17, 15) is 4.79 Å². The fraction of sp³-hybridized carbons (Fsp3) is 0.417. The van der Waals surface area contributed by atoms with Crippen LogP contribution in [0.3, 0.4) is 0 Å². The molecule has 4 heteroatoms. The van der Waals surface area contributed by atoms with Gasteiger partial charge in [-0.15, -0.1) is 0 Å². The van der Waals surface area contributed by atoms with E-state index in [0.29, 0.717) is 17.2 Å². The molecule has 16 heavy (non-hydrogen) atoms. The number of benzene rings is 1. The molecule has 1 unspecified atom stereocenters. The van der Waals surface area contributed by atoms with Gasteiger partial charge in [-0.25, -0.2) is 0 Å². The van der Waals surface area contributed by atoms with E-state index < -0.39 is 11.9 Å². The maximum absolute atomic E-state index is 10.7. The normalized spacial score (nSPS) is 12.2. The predicted molar refractivity (Wildman–Crippen MR) is 63.2 cm³/mol. The number of hydrogen-bond donors (Lipinski definition) is 1. The molecule has 1 rings (SSSR count). The zero-order chi connectivity index (χ0) is 12.3. The number of carbonyl (C=O) groups is 1. The molecule has 0 aliphatic carbocycles. The van der Waals surface area contributed by atoms with Crippen molar-refractivity contribution in [1.29, 1.82) is 0 Å². The Bertz CT molecular complexity index is 378. The highest BCUT2D eigenvalue weighted by molar-refractivity contribution is 6.32. The summed E-state index contributed by atoms with van der Waals surface area (Å²) in [6, 6.07) is 3.66. The number of methoxy groups -OCH3 is 1. The molecule has 0 spiro atoms. The maximum atomic E-state index is 10.7. The van der Waals surface area contributed by atoms with Crippen LogP contribution in [0, 0.1) is 12.8 Å². The van der Waals surface area contributed by atoms with Crippen LogP contribution in [0.25, 0.3) is 0 Å². The molecule has 88 valence electrons. The summed E-state index contributed by atoms with van der Waals surface area (Å²) < 4.78 is 5.13. The molecule has 0 fully saturated rings. The SMILES string of the molecule is COc1c(C)cc(CC(C)C(=O)O)cc1Cl. The number of aryl methyl sites for hydroxylation is 1. The van der Waals surface area contributed by atoms with Crippen LogP contribution < -0.4 is 4.74 Å². The first kappa shape index (κ1) is 12.8. The topological polar surface area (TPSA) is 46.5 Å². The second-order valence-electron chi connectivity index (χ2n) is 3.87. The van der Waals surface area contributed by atoms with Gasteiger partial charge in [0, 0.05) is 0 Å². The molecule has 0 aromatic heterocycles. The summed E-state index contributed by atoms with van der Waals surface area (Å²) in [5.41, 5.74) is 1.83. The second kappa shape index (κ2) is 5.21. The molecule has 1 N–H and O–H groups in total. The van der Waals surface area contributed by atoms with Gasteiger partial charge >= 0.3 is 5.97 Å². The Kier molecular flexibility index (Phi) is 4.19. The van der Waals surface area contributed by atoms with Gasteiger partial charge in [0.05, 0.1) is 18.1 Å². The Morgan fingerprint density at radius 2 is 2.19 bits per heavy atom. The van der Waals surface area contributed by atoms with Crippen LogP contribution in [0.1, 0.15) is 18.1 Å². The van der Waals surface area contributed by atoms with E-state index in [1.807, 2.05) is 13.0 Å². The van der Waals surface area contributed by atoms with Crippen LogP contribution in [-0.4, -0.2) is 18.2 Å². The fourth-order valence-corrected chi connectivity index (χ4v) is 1.99. The highest BCUT2D eigenvalue weighted by Gasteiger charge is 2.14. The van der Waals surface area contributed by atoms with Crippen molar-refractivity contribution in [2.45, 2.75) is 20.3 Å².